The molecule has 1 N–H and O–H groups in total. The molecule has 0 fully saturated rings. The molecule has 35 heavy (non-hydrogen) atoms. The first-order valence-electron chi connectivity index (χ1n) is 10.5. The minimum atomic E-state index is -4.59. The van der Waals surface area contributed by atoms with E-state index in [9.17, 15) is 31.1 Å². The molecule has 0 saturated carbocycles. The summed E-state index contributed by atoms with van der Waals surface area (Å²) in [6, 6.07) is 8.75. The number of nitrogens with zero attached hydrogens (tertiary/aromatic N) is 3. The highest BCUT2D eigenvalue weighted by atomic mass is 19.4. The van der Waals surface area contributed by atoms with Gasteiger partial charge in [-0.05, 0) is 49.2 Å². The van der Waals surface area contributed by atoms with Crippen molar-refractivity contribution < 1.29 is 31.1 Å². The molecule has 3 rings (SSSR count). The molecule has 11 heteroatoms. The fourth-order valence-corrected chi connectivity index (χ4v) is 3.50. The van der Waals surface area contributed by atoms with Crippen molar-refractivity contribution in [2.75, 3.05) is 11.9 Å². The molecule has 0 aliphatic heterocycles. The molecule has 0 bridgehead atoms. The molecule has 186 valence electrons. The van der Waals surface area contributed by atoms with Gasteiger partial charge in [-0.25, -0.2) is 0 Å². The second-order valence-electron chi connectivity index (χ2n) is 8.03. The Labute approximate surface area is 197 Å². The van der Waals surface area contributed by atoms with E-state index >= 15 is 0 Å². The molecule has 0 saturated heterocycles. The van der Waals surface area contributed by atoms with E-state index in [0.717, 1.165) is 47.8 Å². The summed E-state index contributed by atoms with van der Waals surface area (Å²) in [7, 11) is 0. The standard InChI is InChI=1S/C24H22F6N4O/c1-15-4-3-5-16(2)22(15)33-21(35)14-34(12-19-10-17(6-8-31-19)23(25,26)27)13-20-11-18(7-9-32-20)24(28,29)30/h3-11H,12-14H2,1-2H3,(H,33,35). The van der Waals surface area contributed by atoms with Crippen molar-refractivity contribution in [3.05, 3.63) is 88.5 Å². The van der Waals surface area contributed by atoms with Gasteiger partial charge in [-0.3, -0.25) is 19.7 Å². The fraction of sp³-hybridized carbons (Fsp3) is 0.292. The number of anilines is 1. The van der Waals surface area contributed by atoms with E-state index in [1.54, 1.807) is 26.0 Å². The zero-order valence-electron chi connectivity index (χ0n) is 18.8. The van der Waals surface area contributed by atoms with Gasteiger partial charge in [0.15, 0.2) is 0 Å². The first kappa shape index (κ1) is 26.1. The number of amides is 1. The van der Waals surface area contributed by atoms with Crippen molar-refractivity contribution in [3.8, 4) is 0 Å². The van der Waals surface area contributed by atoms with Crippen LogP contribution in [0.15, 0.2) is 54.9 Å². The summed E-state index contributed by atoms with van der Waals surface area (Å²) in [5.41, 5.74) is 0.387. The Hall–Kier alpha value is -3.47. The number of halogens is 6. The van der Waals surface area contributed by atoms with Gasteiger partial charge in [-0.2, -0.15) is 26.3 Å². The Morgan fingerprint density at radius 2 is 1.29 bits per heavy atom. The minimum absolute atomic E-state index is 0.00618. The van der Waals surface area contributed by atoms with E-state index < -0.39 is 29.4 Å². The number of benzene rings is 1. The van der Waals surface area contributed by atoms with Gasteiger partial charge >= 0.3 is 12.4 Å². The van der Waals surface area contributed by atoms with Crippen LogP contribution in [-0.4, -0.2) is 27.3 Å². The lowest BCUT2D eigenvalue weighted by Crippen LogP contribution is -2.33. The minimum Gasteiger partial charge on any atom is -0.324 e. The number of aryl methyl sites for hydroxylation is 2. The maximum absolute atomic E-state index is 13.1. The van der Waals surface area contributed by atoms with Gasteiger partial charge in [-0.15, -0.1) is 0 Å². The quantitative estimate of drug-likeness (QED) is 0.422. The number of carbonyl (C=O) groups excluding carboxylic acids is 1. The lowest BCUT2D eigenvalue weighted by Gasteiger charge is -2.22. The van der Waals surface area contributed by atoms with Crippen molar-refractivity contribution in [2.45, 2.75) is 39.3 Å². The van der Waals surface area contributed by atoms with Crippen LogP contribution < -0.4 is 5.32 Å². The number of aromatic nitrogens is 2. The van der Waals surface area contributed by atoms with Crippen LogP contribution in [0.1, 0.15) is 33.6 Å². The summed E-state index contributed by atoms with van der Waals surface area (Å²) >= 11 is 0. The summed E-state index contributed by atoms with van der Waals surface area (Å²) in [5.74, 6) is -0.485. The molecule has 0 aliphatic carbocycles. The van der Waals surface area contributed by atoms with Crippen LogP contribution in [0, 0.1) is 13.8 Å². The number of alkyl halides is 6. The van der Waals surface area contributed by atoms with E-state index in [-0.39, 0.29) is 31.0 Å². The molecular weight excluding hydrogens is 474 g/mol. The second-order valence-corrected chi connectivity index (χ2v) is 8.03. The summed E-state index contributed by atoms with van der Waals surface area (Å²) in [6.45, 7) is 2.85. The van der Waals surface area contributed by atoms with Gasteiger partial charge in [0.2, 0.25) is 5.91 Å². The Morgan fingerprint density at radius 3 is 1.71 bits per heavy atom. The average molecular weight is 496 g/mol. The molecule has 2 heterocycles. The molecule has 0 radical (unpaired) electrons. The summed E-state index contributed by atoms with van der Waals surface area (Å²) < 4.78 is 78.7. The van der Waals surface area contributed by atoms with Crippen LogP contribution in [-0.2, 0) is 30.2 Å². The molecule has 0 atom stereocenters. The Bertz CT molecular complexity index is 1110. The third-order valence-corrected chi connectivity index (χ3v) is 5.17. The Morgan fingerprint density at radius 1 is 0.829 bits per heavy atom. The molecule has 5 nitrogen and oxygen atoms in total. The van der Waals surface area contributed by atoms with E-state index in [0.29, 0.717) is 5.69 Å². The highest BCUT2D eigenvalue weighted by Gasteiger charge is 2.32. The smallest absolute Gasteiger partial charge is 0.324 e. The largest absolute Gasteiger partial charge is 0.416 e. The Kier molecular flexibility index (Phi) is 7.79. The van der Waals surface area contributed by atoms with Crippen molar-refractivity contribution in [2.24, 2.45) is 0 Å². The predicted octanol–water partition coefficient (Wildman–Crippen LogP) is 5.77. The molecule has 2 aromatic heterocycles. The van der Waals surface area contributed by atoms with Crippen LogP contribution in [0.5, 0.6) is 0 Å². The topological polar surface area (TPSA) is 58.1 Å². The fourth-order valence-electron chi connectivity index (χ4n) is 3.50. The Balaban J connectivity index is 1.86. The van der Waals surface area contributed by atoms with Gasteiger partial charge in [0.05, 0.1) is 29.1 Å². The molecule has 0 aliphatic rings. The van der Waals surface area contributed by atoms with Gasteiger partial charge in [-0.1, -0.05) is 18.2 Å². The van der Waals surface area contributed by atoms with E-state index in [1.165, 1.54) is 4.90 Å². The zero-order valence-corrected chi connectivity index (χ0v) is 18.8. The summed E-state index contributed by atoms with van der Waals surface area (Å²) in [4.78, 5) is 22.1. The van der Waals surface area contributed by atoms with Crippen LogP contribution in [0.2, 0.25) is 0 Å². The first-order valence-corrected chi connectivity index (χ1v) is 10.5. The monoisotopic (exact) mass is 496 g/mol. The van der Waals surface area contributed by atoms with Crippen LogP contribution in [0.25, 0.3) is 0 Å². The van der Waals surface area contributed by atoms with Gasteiger partial charge in [0.1, 0.15) is 0 Å². The third kappa shape index (κ3) is 7.25. The number of hydrogen-bond donors (Lipinski definition) is 1. The molecular formula is C24H22F6N4O. The molecule has 1 amide bonds. The number of carbonyl (C=O) groups is 1. The lowest BCUT2D eigenvalue weighted by atomic mass is 10.1. The number of pyridine rings is 2. The van der Waals surface area contributed by atoms with E-state index in [4.69, 9.17) is 0 Å². The number of hydrogen-bond acceptors (Lipinski definition) is 4. The lowest BCUT2D eigenvalue weighted by molar-refractivity contribution is -0.138. The van der Waals surface area contributed by atoms with Crippen molar-refractivity contribution >= 4 is 11.6 Å². The van der Waals surface area contributed by atoms with Crippen LogP contribution in [0.4, 0.5) is 32.0 Å². The highest BCUT2D eigenvalue weighted by Crippen LogP contribution is 2.30. The van der Waals surface area contributed by atoms with Crippen molar-refractivity contribution in [3.63, 3.8) is 0 Å². The van der Waals surface area contributed by atoms with Gasteiger partial charge < -0.3 is 5.32 Å². The molecule has 0 unspecified atom stereocenters. The van der Waals surface area contributed by atoms with Crippen molar-refractivity contribution in [1.29, 1.82) is 0 Å². The van der Waals surface area contributed by atoms with Crippen molar-refractivity contribution in [1.82, 2.24) is 14.9 Å². The SMILES string of the molecule is Cc1cccc(C)c1NC(=O)CN(Cc1cc(C(F)(F)F)ccn1)Cc1cc(C(F)(F)F)ccn1. The number of rotatable bonds is 7. The van der Waals surface area contributed by atoms with Gasteiger partial charge in [0.25, 0.3) is 0 Å². The molecule has 0 spiro atoms. The zero-order chi connectivity index (χ0) is 25.8. The van der Waals surface area contributed by atoms with Crippen LogP contribution >= 0.6 is 0 Å². The predicted molar refractivity (Wildman–Crippen MR) is 117 cm³/mol. The number of para-hydroxylation sites is 1. The van der Waals surface area contributed by atoms with Crippen LogP contribution in [0.3, 0.4) is 0 Å². The summed E-state index contributed by atoms with van der Waals surface area (Å²) in [6.07, 6.45) is -7.19. The molecule has 1 aromatic carbocycles. The van der Waals surface area contributed by atoms with E-state index in [2.05, 4.69) is 15.3 Å². The highest BCUT2D eigenvalue weighted by molar-refractivity contribution is 5.93. The summed E-state index contributed by atoms with van der Waals surface area (Å²) in [5, 5.41) is 2.77. The maximum atomic E-state index is 13.1. The van der Waals surface area contributed by atoms with Gasteiger partial charge in [0, 0.05) is 31.2 Å². The maximum Gasteiger partial charge on any atom is 0.416 e. The molecule has 3 aromatic rings. The number of nitrogens with one attached hydrogen (secondary N) is 1. The normalized spacial score (nSPS) is 12.1. The average Bonchev–Trinajstić information content (AvgIpc) is 2.75. The second kappa shape index (κ2) is 10.4. The third-order valence-electron chi connectivity index (χ3n) is 5.17. The van der Waals surface area contributed by atoms with E-state index in [1.807, 2.05) is 6.07 Å². The first-order chi connectivity index (χ1) is 16.3.